The van der Waals surface area contributed by atoms with E-state index in [1.165, 1.54) is 12.1 Å². The van der Waals surface area contributed by atoms with Gasteiger partial charge in [0.25, 0.3) is 5.88 Å². The second-order valence-corrected chi connectivity index (χ2v) is 4.46. The van der Waals surface area contributed by atoms with Gasteiger partial charge in [-0.3, -0.25) is 14.5 Å². The molecule has 3 rings (SSSR count). The molecule has 0 fully saturated rings. The number of hydrogen-bond donors (Lipinski definition) is 1. The fourth-order valence-corrected chi connectivity index (χ4v) is 1.95. The van der Waals surface area contributed by atoms with Crippen LogP contribution in [0.2, 0.25) is 0 Å². The maximum absolute atomic E-state index is 11.1. The summed E-state index contributed by atoms with van der Waals surface area (Å²) in [4.78, 5) is 18.7. The van der Waals surface area contributed by atoms with E-state index in [1.54, 1.807) is 36.0 Å². The van der Waals surface area contributed by atoms with E-state index < -0.39 is 4.92 Å². The fourth-order valence-electron chi connectivity index (χ4n) is 1.95. The Morgan fingerprint density at radius 3 is 3.00 bits per heavy atom. The lowest BCUT2D eigenvalue weighted by atomic mass is 10.2. The molecular weight excluding hydrogens is 274 g/mol. The Morgan fingerprint density at radius 1 is 1.43 bits per heavy atom. The second kappa shape index (κ2) is 4.75. The van der Waals surface area contributed by atoms with E-state index >= 15 is 0 Å². The van der Waals surface area contributed by atoms with E-state index in [4.69, 9.17) is 10.5 Å². The SMILES string of the molecule is Cc1ccc(Oc2nc(N)cn3ccnc23)c([N+](=O)[O-])c1. The first kappa shape index (κ1) is 12.9. The molecule has 0 spiro atoms. The third-order valence-electron chi connectivity index (χ3n) is 2.88. The first-order valence-electron chi connectivity index (χ1n) is 6.06. The number of anilines is 1. The Morgan fingerprint density at radius 2 is 2.24 bits per heavy atom. The molecule has 0 aliphatic rings. The molecule has 0 unspecified atom stereocenters. The molecule has 0 radical (unpaired) electrons. The summed E-state index contributed by atoms with van der Waals surface area (Å²) >= 11 is 0. The van der Waals surface area contributed by atoms with Gasteiger partial charge in [0.1, 0.15) is 5.82 Å². The predicted octanol–water partition coefficient (Wildman–Crippen LogP) is 2.32. The molecule has 0 saturated heterocycles. The van der Waals surface area contributed by atoms with Gasteiger partial charge in [-0.1, -0.05) is 6.07 Å². The summed E-state index contributed by atoms with van der Waals surface area (Å²) in [5.41, 5.74) is 6.74. The lowest BCUT2D eigenvalue weighted by molar-refractivity contribution is -0.385. The summed E-state index contributed by atoms with van der Waals surface area (Å²) in [6.07, 6.45) is 4.83. The van der Waals surface area contributed by atoms with Gasteiger partial charge in [0.15, 0.2) is 0 Å². The molecule has 0 amide bonds. The summed E-state index contributed by atoms with van der Waals surface area (Å²) in [5.74, 6) is 0.436. The molecule has 0 atom stereocenters. The molecule has 0 aliphatic heterocycles. The Kier molecular flexibility index (Phi) is 2.90. The zero-order valence-electron chi connectivity index (χ0n) is 11.1. The zero-order valence-corrected chi connectivity index (χ0v) is 11.1. The van der Waals surface area contributed by atoms with Crippen molar-refractivity contribution in [2.45, 2.75) is 6.92 Å². The van der Waals surface area contributed by atoms with Gasteiger partial charge in [0.2, 0.25) is 11.4 Å². The molecule has 106 valence electrons. The number of nitrogens with zero attached hydrogens (tertiary/aromatic N) is 4. The van der Waals surface area contributed by atoms with Crippen molar-refractivity contribution in [1.82, 2.24) is 14.4 Å². The lowest BCUT2D eigenvalue weighted by Gasteiger charge is -2.08. The zero-order chi connectivity index (χ0) is 15.0. The highest BCUT2D eigenvalue weighted by Gasteiger charge is 2.18. The molecule has 21 heavy (non-hydrogen) atoms. The van der Waals surface area contributed by atoms with Gasteiger partial charge >= 0.3 is 5.69 Å². The third-order valence-corrected chi connectivity index (χ3v) is 2.88. The highest BCUT2D eigenvalue weighted by atomic mass is 16.6. The van der Waals surface area contributed by atoms with Crippen LogP contribution in [0.1, 0.15) is 5.56 Å². The number of ether oxygens (including phenoxy) is 1. The van der Waals surface area contributed by atoms with Crippen molar-refractivity contribution in [1.29, 1.82) is 0 Å². The fraction of sp³-hybridized carbons (Fsp3) is 0.0769. The summed E-state index contributed by atoms with van der Waals surface area (Å²) in [6.45, 7) is 1.77. The number of benzene rings is 1. The maximum atomic E-state index is 11.1. The molecule has 2 N–H and O–H groups in total. The van der Waals surface area contributed by atoms with Crippen LogP contribution < -0.4 is 10.5 Å². The van der Waals surface area contributed by atoms with Crippen LogP contribution in [0, 0.1) is 17.0 Å². The van der Waals surface area contributed by atoms with Crippen LogP contribution >= 0.6 is 0 Å². The van der Waals surface area contributed by atoms with Gasteiger partial charge in [0, 0.05) is 18.5 Å². The summed E-state index contributed by atoms with van der Waals surface area (Å²) < 4.78 is 7.20. The molecule has 0 saturated carbocycles. The second-order valence-electron chi connectivity index (χ2n) is 4.46. The Hall–Kier alpha value is -3.16. The van der Waals surface area contributed by atoms with Crippen molar-refractivity contribution in [3.8, 4) is 11.6 Å². The van der Waals surface area contributed by atoms with E-state index in [0.717, 1.165) is 5.56 Å². The monoisotopic (exact) mass is 285 g/mol. The van der Waals surface area contributed by atoms with E-state index in [2.05, 4.69) is 9.97 Å². The minimum atomic E-state index is -0.503. The average molecular weight is 285 g/mol. The molecule has 0 aliphatic carbocycles. The smallest absolute Gasteiger partial charge is 0.311 e. The molecular formula is C13H11N5O3. The molecule has 0 bridgehead atoms. The summed E-state index contributed by atoms with van der Waals surface area (Å²) in [7, 11) is 0. The number of rotatable bonds is 3. The summed E-state index contributed by atoms with van der Waals surface area (Å²) in [5, 5.41) is 11.1. The molecule has 2 heterocycles. The molecule has 2 aromatic heterocycles. The number of nitro groups is 1. The molecule has 8 nitrogen and oxygen atoms in total. The van der Waals surface area contributed by atoms with Crippen LogP contribution in [0.3, 0.4) is 0 Å². The Labute approximate surface area is 119 Å². The normalized spacial score (nSPS) is 10.7. The number of fused-ring (bicyclic) bond motifs is 1. The first-order valence-corrected chi connectivity index (χ1v) is 6.06. The van der Waals surface area contributed by atoms with Crippen LogP contribution in [0.4, 0.5) is 11.5 Å². The predicted molar refractivity (Wildman–Crippen MR) is 75.3 cm³/mol. The van der Waals surface area contributed by atoms with Gasteiger partial charge in [-0.2, -0.15) is 4.98 Å². The number of aryl methyl sites for hydroxylation is 1. The number of imidazole rings is 1. The van der Waals surface area contributed by atoms with Crippen molar-refractivity contribution in [2.24, 2.45) is 0 Å². The standard InChI is InChI=1S/C13H11N5O3/c1-8-2-3-10(9(6-8)18(19)20)21-13-12-15-4-5-17(12)7-11(14)16-13/h2-7H,14H2,1H3. The molecule has 8 heteroatoms. The van der Waals surface area contributed by atoms with Crippen molar-refractivity contribution >= 4 is 17.2 Å². The minimum absolute atomic E-state index is 0.0913. The quantitative estimate of drug-likeness (QED) is 0.584. The van der Waals surface area contributed by atoms with Crippen molar-refractivity contribution in [3.63, 3.8) is 0 Å². The van der Waals surface area contributed by atoms with Crippen molar-refractivity contribution in [3.05, 3.63) is 52.5 Å². The number of nitro benzene ring substituents is 1. The van der Waals surface area contributed by atoms with Gasteiger partial charge in [-0.25, -0.2) is 4.98 Å². The minimum Gasteiger partial charge on any atom is -0.428 e. The maximum Gasteiger partial charge on any atom is 0.311 e. The first-order chi connectivity index (χ1) is 10.0. The van der Waals surface area contributed by atoms with Gasteiger partial charge in [0.05, 0.1) is 11.1 Å². The largest absolute Gasteiger partial charge is 0.428 e. The van der Waals surface area contributed by atoms with Crippen LogP contribution in [0.5, 0.6) is 11.6 Å². The Bertz CT molecular complexity index is 843. The highest BCUT2D eigenvalue weighted by molar-refractivity contribution is 5.57. The number of nitrogens with two attached hydrogens (primary N) is 1. The number of hydrogen-bond acceptors (Lipinski definition) is 6. The van der Waals surface area contributed by atoms with E-state index in [-0.39, 0.29) is 23.1 Å². The number of nitrogen functional groups attached to an aromatic ring is 1. The van der Waals surface area contributed by atoms with Crippen LogP contribution in [0.25, 0.3) is 5.65 Å². The molecule has 1 aromatic carbocycles. The van der Waals surface area contributed by atoms with E-state index in [0.29, 0.717) is 5.65 Å². The van der Waals surface area contributed by atoms with Gasteiger partial charge in [-0.15, -0.1) is 0 Å². The van der Waals surface area contributed by atoms with Gasteiger partial charge < -0.3 is 10.5 Å². The average Bonchev–Trinajstić information content (AvgIpc) is 2.88. The highest BCUT2D eigenvalue weighted by Crippen LogP contribution is 2.32. The van der Waals surface area contributed by atoms with Crippen LogP contribution in [-0.2, 0) is 0 Å². The molecule has 3 aromatic rings. The third kappa shape index (κ3) is 2.34. The lowest BCUT2D eigenvalue weighted by Crippen LogP contribution is -2.00. The van der Waals surface area contributed by atoms with Crippen LogP contribution in [0.15, 0.2) is 36.8 Å². The summed E-state index contributed by atoms with van der Waals surface area (Å²) in [6, 6.07) is 4.68. The van der Waals surface area contributed by atoms with Crippen LogP contribution in [-0.4, -0.2) is 19.3 Å². The van der Waals surface area contributed by atoms with E-state index in [9.17, 15) is 10.1 Å². The van der Waals surface area contributed by atoms with Gasteiger partial charge in [-0.05, 0) is 18.6 Å². The number of aromatic nitrogens is 3. The van der Waals surface area contributed by atoms with E-state index in [1.807, 2.05) is 0 Å². The Balaban J connectivity index is 2.10. The topological polar surface area (TPSA) is 109 Å². The van der Waals surface area contributed by atoms with Crippen molar-refractivity contribution in [2.75, 3.05) is 5.73 Å². The van der Waals surface area contributed by atoms with Crippen molar-refractivity contribution < 1.29 is 9.66 Å².